The molecule has 2 N–H and O–H groups in total. The summed E-state index contributed by atoms with van der Waals surface area (Å²) in [5.74, 6) is 0.956. The van der Waals surface area contributed by atoms with Crippen molar-refractivity contribution in [2.45, 2.75) is 19.9 Å². The van der Waals surface area contributed by atoms with Crippen molar-refractivity contribution in [2.24, 2.45) is 5.92 Å². The Morgan fingerprint density at radius 3 is 3.05 bits per heavy atom. The van der Waals surface area contributed by atoms with E-state index in [1.165, 1.54) is 5.56 Å². The van der Waals surface area contributed by atoms with Crippen LogP contribution < -0.4 is 15.4 Å². The van der Waals surface area contributed by atoms with E-state index in [1.54, 1.807) is 0 Å². The van der Waals surface area contributed by atoms with Gasteiger partial charge in [-0.2, -0.15) is 0 Å². The fraction of sp³-hybridized carbons (Fsp3) is 0.500. The SMILES string of the molecule is CNCC(C)C(=O)NCc1cc(Br)cc2c1OCC2. The minimum Gasteiger partial charge on any atom is -0.493 e. The van der Waals surface area contributed by atoms with E-state index in [1.807, 2.05) is 20.0 Å². The molecule has 1 aliphatic rings. The first-order valence-electron chi connectivity index (χ1n) is 6.48. The third kappa shape index (κ3) is 3.48. The van der Waals surface area contributed by atoms with Crippen molar-refractivity contribution in [3.8, 4) is 5.75 Å². The van der Waals surface area contributed by atoms with Crippen LogP contribution in [-0.2, 0) is 17.8 Å². The Bertz CT molecular complexity index is 477. The summed E-state index contributed by atoms with van der Waals surface area (Å²) in [5.41, 5.74) is 2.24. The highest BCUT2D eigenvalue weighted by molar-refractivity contribution is 9.10. The first kappa shape index (κ1) is 14.3. The Morgan fingerprint density at radius 1 is 1.53 bits per heavy atom. The molecular formula is C14H19BrN2O2. The normalized spacial score (nSPS) is 14.7. The number of carbonyl (C=O) groups is 1. The maximum absolute atomic E-state index is 11.9. The second kappa shape index (κ2) is 6.39. The van der Waals surface area contributed by atoms with Crippen LogP contribution in [0.5, 0.6) is 5.75 Å². The van der Waals surface area contributed by atoms with Crippen molar-refractivity contribution in [1.29, 1.82) is 0 Å². The van der Waals surface area contributed by atoms with E-state index >= 15 is 0 Å². The second-order valence-corrected chi connectivity index (χ2v) is 5.74. The van der Waals surface area contributed by atoms with E-state index in [-0.39, 0.29) is 11.8 Å². The van der Waals surface area contributed by atoms with Crippen LogP contribution in [0.4, 0.5) is 0 Å². The van der Waals surface area contributed by atoms with Crippen LogP contribution in [0.1, 0.15) is 18.1 Å². The average Bonchev–Trinajstić information content (AvgIpc) is 2.83. The summed E-state index contributed by atoms with van der Waals surface area (Å²) in [6, 6.07) is 4.09. The van der Waals surface area contributed by atoms with Gasteiger partial charge in [0, 0.05) is 35.5 Å². The molecule has 1 heterocycles. The van der Waals surface area contributed by atoms with Gasteiger partial charge in [-0.05, 0) is 24.7 Å². The lowest BCUT2D eigenvalue weighted by molar-refractivity contribution is -0.124. The number of fused-ring (bicyclic) bond motifs is 1. The molecule has 0 bridgehead atoms. The molecule has 2 rings (SSSR count). The van der Waals surface area contributed by atoms with Gasteiger partial charge in [-0.3, -0.25) is 4.79 Å². The first-order chi connectivity index (χ1) is 9.11. The molecule has 104 valence electrons. The van der Waals surface area contributed by atoms with Gasteiger partial charge in [0.2, 0.25) is 5.91 Å². The lowest BCUT2D eigenvalue weighted by Gasteiger charge is -2.13. The van der Waals surface area contributed by atoms with E-state index in [9.17, 15) is 4.79 Å². The van der Waals surface area contributed by atoms with Gasteiger partial charge in [-0.1, -0.05) is 22.9 Å². The Kier molecular flexibility index (Phi) is 4.82. The maximum atomic E-state index is 11.9. The van der Waals surface area contributed by atoms with Gasteiger partial charge in [-0.25, -0.2) is 0 Å². The largest absolute Gasteiger partial charge is 0.493 e. The number of carbonyl (C=O) groups excluding carboxylic acids is 1. The van der Waals surface area contributed by atoms with Crippen LogP contribution in [0, 0.1) is 5.92 Å². The smallest absolute Gasteiger partial charge is 0.224 e. The summed E-state index contributed by atoms with van der Waals surface area (Å²) in [6.45, 7) is 3.82. The molecule has 0 aliphatic carbocycles. The Morgan fingerprint density at radius 2 is 2.32 bits per heavy atom. The van der Waals surface area contributed by atoms with Crippen molar-refractivity contribution >= 4 is 21.8 Å². The van der Waals surface area contributed by atoms with Crippen molar-refractivity contribution in [3.63, 3.8) is 0 Å². The van der Waals surface area contributed by atoms with E-state index < -0.39 is 0 Å². The summed E-state index contributed by atoms with van der Waals surface area (Å²) in [6.07, 6.45) is 0.936. The third-order valence-electron chi connectivity index (χ3n) is 3.24. The molecule has 1 atom stereocenters. The average molecular weight is 327 g/mol. The van der Waals surface area contributed by atoms with Gasteiger partial charge in [-0.15, -0.1) is 0 Å². The van der Waals surface area contributed by atoms with Crippen LogP contribution in [-0.4, -0.2) is 26.1 Å². The molecule has 0 spiro atoms. The first-order valence-corrected chi connectivity index (χ1v) is 7.27. The molecule has 0 aromatic heterocycles. The summed E-state index contributed by atoms with van der Waals surface area (Å²) < 4.78 is 6.67. The van der Waals surface area contributed by atoms with Gasteiger partial charge >= 0.3 is 0 Å². The molecule has 5 heteroatoms. The predicted molar refractivity (Wildman–Crippen MR) is 78.3 cm³/mol. The molecule has 19 heavy (non-hydrogen) atoms. The topological polar surface area (TPSA) is 50.4 Å². The Labute approximate surface area is 122 Å². The van der Waals surface area contributed by atoms with Gasteiger partial charge in [0.05, 0.1) is 6.61 Å². The van der Waals surface area contributed by atoms with Gasteiger partial charge < -0.3 is 15.4 Å². The number of rotatable bonds is 5. The number of amides is 1. The molecule has 1 unspecified atom stereocenters. The molecule has 1 aromatic carbocycles. The zero-order valence-corrected chi connectivity index (χ0v) is 12.8. The summed E-state index contributed by atoms with van der Waals surface area (Å²) in [4.78, 5) is 11.9. The quantitative estimate of drug-likeness (QED) is 0.868. The van der Waals surface area contributed by atoms with Gasteiger partial charge in [0.25, 0.3) is 0 Å². The highest BCUT2D eigenvalue weighted by Crippen LogP contribution is 2.32. The summed E-state index contributed by atoms with van der Waals surface area (Å²) in [7, 11) is 1.85. The highest BCUT2D eigenvalue weighted by Gasteiger charge is 2.18. The van der Waals surface area contributed by atoms with E-state index in [2.05, 4.69) is 32.6 Å². The van der Waals surface area contributed by atoms with Crippen molar-refractivity contribution in [3.05, 3.63) is 27.7 Å². The maximum Gasteiger partial charge on any atom is 0.224 e. The Balaban J connectivity index is 2.02. The number of benzene rings is 1. The molecular weight excluding hydrogens is 308 g/mol. The number of hydrogen-bond acceptors (Lipinski definition) is 3. The van der Waals surface area contributed by atoms with E-state index in [4.69, 9.17) is 4.74 Å². The van der Waals surface area contributed by atoms with E-state index in [0.717, 1.165) is 28.8 Å². The van der Waals surface area contributed by atoms with Crippen LogP contribution in [0.3, 0.4) is 0 Å². The fourth-order valence-corrected chi connectivity index (χ4v) is 2.79. The Hall–Kier alpha value is -1.07. The standard InChI is InChI=1S/C14H19BrN2O2/c1-9(7-16-2)14(18)17-8-11-6-12(15)5-10-3-4-19-13(10)11/h5-6,9,16H,3-4,7-8H2,1-2H3,(H,17,18). The molecule has 0 saturated heterocycles. The van der Waals surface area contributed by atoms with Crippen molar-refractivity contribution in [1.82, 2.24) is 10.6 Å². The minimum absolute atomic E-state index is 0.0360. The van der Waals surface area contributed by atoms with Crippen LogP contribution >= 0.6 is 15.9 Å². The lowest BCUT2D eigenvalue weighted by Crippen LogP contribution is -2.33. The van der Waals surface area contributed by atoms with Crippen LogP contribution in [0.2, 0.25) is 0 Å². The molecule has 4 nitrogen and oxygen atoms in total. The predicted octanol–water partition coefficient (Wildman–Crippen LogP) is 1.86. The molecule has 1 amide bonds. The third-order valence-corrected chi connectivity index (χ3v) is 3.69. The fourth-order valence-electron chi connectivity index (χ4n) is 2.23. The number of hydrogen-bond donors (Lipinski definition) is 2. The molecule has 0 saturated carbocycles. The molecule has 0 radical (unpaired) electrons. The highest BCUT2D eigenvalue weighted by atomic mass is 79.9. The molecule has 0 fully saturated rings. The van der Waals surface area contributed by atoms with Gasteiger partial charge in [0.1, 0.15) is 5.75 Å². The van der Waals surface area contributed by atoms with Gasteiger partial charge in [0.15, 0.2) is 0 Å². The number of halogens is 1. The zero-order valence-electron chi connectivity index (χ0n) is 11.3. The summed E-state index contributed by atoms with van der Waals surface area (Å²) >= 11 is 3.50. The number of nitrogens with one attached hydrogen (secondary N) is 2. The van der Waals surface area contributed by atoms with Crippen molar-refractivity contribution < 1.29 is 9.53 Å². The van der Waals surface area contributed by atoms with Crippen molar-refractivity contribution in [2.75, 3.05) is 20.2 Å². The number of ether oxygens (including phenoxy) is 1. The molecule has 1 aliphatic heterocycles. The van der Waals surface area contributed by atoms with E-state index in [0.29, 0.717) is 13.1 Å². The lowest BCUT2D eigenvalue weighted by atomic mass is 10.1. The van der Waals surface area contributed by atoms with Crippen LogP contribution in [0.15, 0.2) is 16.6 Å². The monoisotopic (exact) mass is 326 g/mol. The molecule has 1 aromatic rings. The summed E-state index contributed by atoms with van der Waals surface area (Å²) in [5, 5.41) is 5.97. The second-order valence-electron chi connectivity index (χ2n) is 4.83. The minimum atomic E-state index is -0.0360. The zero-order chi connectivity index (χ0) is 13.8. The van der Waals surface area contributed by atoms with Crippen LogP contribution in [0.25, 0.3) is 0 Å².